The van der Waals surface area contributed by atoms with Gasteiger partial charge in [-0.05, 0) is 24.3 Å². The first-order valence-corrected chi connectivity index (χ1v) is 10.9. The minimum atomic E-state index is -0.606. The summed E-state index contributed by atoms with van der Waals surface area (Å²) in [6.45, 7) is 2.21. The Hall–Kier alpha value is -3.53. The fourth-order valence-corrected chi connectivity index (χ4v) is 4.11. The van der Waals surface area contributed by atoms with Crippen molar-refractivity contribution < 1.29 is 23.9 Å². The summed E-state index contributed by atoms with van der Waals surface area (Å²) in [5.41, 5.74) is 6.34. The number of carbonyl (C=O) groups is 3. The number of carbonyl (C=O) groups excluding carboxylic acids is 3. The Morgan fingerprint density at radius 1 is 1.06 bits per heavy atom. The van der Waals surface area contributed by atoms with Gasteiger partial charge in [-0.3, -0.25) is 19.7 Å². The summed E-state index contributed by atoms with van der Waals surface area (Å²) >= 11 is 0. The van der Waals surface area contributed by atoms with E-state index in [0.717, 1.165) is 18.6 Å². The highest BCUT2D eigenvalue weighted by atomic mass is 16.5. The van der Waals surface area contributed by atoms with Crippen LogP contribution < -0.4 is 10.1 Å². The van der Waals surface area contributed by atoms with Gasteiger partial charge in [0.1, 0.15) is 29.8 Å². The fourth-order valence-electron chi connectivity index (χ4n) is 4.11. The minimum Gasteiger partial charge on any atom is -0.486 e. The molecule has 1 aromatic carbocycles. The molecule has 1 aromatic rings. The Balaban J connectivity index is 1.44. The van der Waals surface area contributed by atoms with Crippen LogP contribution in [0.5, 0.6) is 5.75 Å². The highest BCUT2D eigenvalue weighted by Gasteiger charge is 2.38. The van der Waals surface area contributed by atoms with E-state index in [2.05, 4.69) is 28.9 Å². The number of nitrogens with zero attached hydrogens (tertiary/aromatic N) is 1. The number of nitrogens with one attached hydrogen (secondary N) is 1. The van der Waals surface area contributed by atoms with Gasteiger partial charge in [-0.2, -0.15) is 0 Å². The van der Waals surface area contributed by atoms with Gasteiger partial charge < -0.3 is 14.4 Å². The topological polar surface area (TPSA) is 84.9 Å². The minimum absolute atomic E-state index is 0.122. The van der Waals surface area contributed by atoms with Crippen LogP contribution in [0.1, 0.15) is 39.0 Å². The van der Waals surface area contributed by atoms with Crippen molar-refractivity contribution in [1.82, 2.24) is 10.2 Å². The molecule has 0 spiro atoms. The van der Waals surface area contributed by atoms with E-state index in [1.165, 1.54) is 4.90 Å². The number of hydrogen-bond donors (Lipinski definition) is 1. The van der Waals surface area contributed by atoms with Crippen molar-refractivity contribution in [3.63, 3.8) is 0 Å². The smallest absolute Gasteiger partial charge is 0.258 e. The van der Waals surface area contributed by atoms with E-state index in [0.29, 0.717) is 30.7 Å². The molecule has 1 aliphatic carbocycles. The maximum atomic E-state index is 12.7. The molecular weight excluding hydrogens is 408 g/mol. The van der Waals surface area contributed by atoms with E-state index < -0.39 is 11.9 Å². The van der Waals surface area contributed by atoms with E-state index in [-0.39, 0.29) is 30.4 Å². The number of benzene rings is 1. The molecule has 3 aliphatic rings. The molecule has 0 saturated carbocycles. The Kier molecular flexibility index (Phi) is 6.60. The highest BCUT2D eigenvalue weighted by molar-refractivity contribution is 6.04. The van der Waals surface area contributed by atoms with Crippen LogP contribution in [0.3, 0.4) is 0 Å². The average Bonchev–Trinajstić information content (AvgIpc) is 3.14. The monoisotopic (exact) mass is 434 g/mol. The summed E-state index contributed by atoms with van der Waals surface area (Å²) in [5, 5.41) is 2.30. The molecule has 1 unspecified atom stereocenters. The summed E-state index contributed by atoms with van der Waals surface area (Å²) in [7, 11) is 0. The standard InChI is InChI=1S/C25H26N2O5/c1-17(31-21-9-5-6-10-22(21)32-19-7-3-2-4-8-19)11-12-18-15-16-27(25(18)30)20-13-14-23(28)26-24(20)29/h2-8,20-22H,9-10,13-16H2,1H3,(H,26,28,29)/t20?,21-,22-/m0/s1. The van der Waals surface area contributed by atoms with Gasteiger partial charge in [-0.15, -0.1) is 0 Å². The Morgan fingerprint density at radius 2 is 1.81 bits per heavy atom. The van der Waals surface area contributed by atoms with Crippen LogP contribution in [0.4, 0.5) is 0 Å². The summed E-state index contributed by atoms with van der Waals surface area (Å²) in [4.78, 5) is 37.7. The molecular formula is C25H26N2O5. The second kappa shape index (κ2) is 9.73. The van der Waals surface area contributed by atoms with Gasteiger partial charge >= 0.3 is 0 Å². The lowest BCUT2D eigenvalue weighted by atomic mass is 10.0. The lowest BCUT2D eigenvalue weighted by molar-refractivity contribution is -0.142. The molecule has 4 rings (SSSR count). The van der Waals surface area contributed by atoms with Gasteiger partial charge in [0.25, 0.3) is 5.91 Å². The number of hydrogen-bond acceptors (Lipinski definition) is 5. The van der Waals surface area contributed by atoms with Gasteiger partial charge in [0.05, 0.1) is 5.57 Å². The molecule has 2 fully saturated rings. The van der Waals surface area contributed by atoms with Crippen molar-refractivity contribution in [3.05, 3.63) is 65.3 Å². The van der Waals surface area contributed by atoms with E-state index >= 15 is 0 Å². The molecule has 0 bridgehead atoms. The van der Waals surface area contributed by atoms with Crippen molar-refractivity contribution in [2.45, 2.75) is 57.3 Å². The van der Waals surface area contributed by atoms with E-state index in [1.54, 1.807) is 6.92 Å². The molecule has 2 aliphatic heterocycles. The number of likely N-dealkylation sites (tertiary alicyclic amines) is 1. The lowest BCUT2D eigenvalue weighted by Crippen LogP contribution is -2.52. The van der Waals surface area contributed by atoms with Gasteiger partial charge in [0.2, 0.25) is 11.8 Å². The first-order valence-electron chi connectivity index (χ1n) is 10.9. The van der Waals surface area contributed by atoms with Crippen molar-refractivity contribution in [1.29, 1.82) is 0 Å². The molecule has 0 radical (unpaired) electrons. The number of rotatable bonds is 5. The molecule has 7 nitrogen and oxygen atoms in total. The zero-order chi connectivity index (χ0) is 22.5. The molecule has 0 aromatic heterocycles. The quantitative estimate of drug-likeness (QED) is 0.253. The molecule has 7 heteroatoms. The number of para-hydroxylation sites is 1. The number of amides is 3. The van der Waals surface area contributed by atoms with Crippen molar-refractivity contribution in [3.8, 4) is 5.75 Å². The third-order valence-corrected chi connectivity index (χ3v) is 5.77. The summed E-state index contributed by atoms with van der Waals surface area (Å²) in [5.74, 6) is 0.365. The second-order valence-electron chi connectivity index (χ2n) is 8.07. The number of ether oxygens (including phenoxy) is 2. The van der Waals surface area contributed by atoms with Gasteiger partial charge in [0.15, 0.2) is 0 Å². The highest BCUT2D eigenvalue weighted by Crippen LogP contribution is 2.25. The van der Waals surface area contributed by atoms with Crippen molar-refractivity contribution in [2.75, 3.05) is 6.54 Å². The molecule has 2 heterocycles. The Labute approximate surface area is 187 Å². The van der Waals surface area contributed by atoms with Gasteiger partial charge in [-0.1, -0.05) is 36.1 Å². The van der Waals surface area contributed by atoms with E-state index in [9.17, 15) is 14.4 Å². The van der Waals surface area contributed by atoms with Crippen LogP contribution in [0.25, 0.3) is 0 Å². The molecule has 3 atom stereocenters. The predicted octanol–water partition coefficient (Wildman–Crippen LogP) is 2.79. The first-order chi connectivity index (χ1) is 15.5. The number of piperidine rings is 1. The Morgan fingerprint density at radius 3 is 2.56 bits per heavy atom. The summed E-state index contributed by atoms with van der Waals surface area (Å²) < 4.78 is 12.2. The number of imide groups is 1. The summed E-state index contributed by atoms with van der Waals surface area (Å²) in [6.07, 6.45) is 6.40. The predicted molar refractivity (Wildman–Crippen MR) is 116 cm³/mol. The van der Waals surface area contributed by atoms with E-state index in [1.807, 2.05) is 30.3 Å². The number of allylic oxidation sites excluding steroid dienone is 1. The molecule has 2 saturated heterocycles. The van der Waals surface area contributed by atoms with Crippen LogP contribution >= 0.6 is 0 Å². The van der Waals surface area contributed by atoms with Crippen LogP contribution in [0.2, 0.25) is 0 Å². The normalized spacial score (nSPS) is 25.2. The van der Waals surface area contributed by atoms with Crippen LogP contribution in [0.15, 0.2) is 65.3 Å². The Bertz CT molecular complexity index is 1030. The average molecular weight is 434 g/mol. The maximum Gasteiger partial charge on any atom is 0.258 e. The third kappa shape index (κ3) is 5.02. The van der Waals surface area contributed by atoms with E-state index in [4.69, 9.17) is 9.47 Å². The maximum absolute atomic E-state index is 12.7. The largest absolute Gasteiger partial charge is 0.486 e. The molecule has 3 amide bonds. The first kappa shape index (κ1) is 21.7. The van der Waals surface area contributed by atoms with Gasteiger partial charge in [-0.25, -0.2) is 0 Å². The van der Waals surface area contributed by atoms with Crippen molar-refractivity contribution in [2.24, 2.45) is 0 Å². The zero-order valence-electron chi connectivity index (χ0n) is 18.0. The molecule has 1 N–H and O–H groups in total. The molecule has 166 valence electrons. The zero-order valence-corrected chi connectivity index (χ0v) is 18.0. The van der Waals surface area contributed by atoms with Crippen LogP contribution in [-0.2, 0) is 19.1 Å². The second-order valence-corrected chi connectivity index (χ2v) is 8.07. The SMILES string of the molecule is CC(=C=C=C1CCN(C2CCC(=O)NC2=O)C1=O)O[C@H]1CC=CC[C@@H]1Oc1ccccc1. The van der Waals surface area contributed by atoms with Crippen LogP contribution in [0, 0.1) is 0 Å². The molecule has 32 heavy (non-hydrogen) atoms. The lowest BCUT2D eigenvalue weighted by Gasteiger charge is -2.29. The third-order valence-electron chi connectivity index (χ3n) is 5.77. The van der Waals surface area contributed by atoms with Crippen LogP contribution in [-0.4, -0.2) is 47.4 Å². The van der Waals surface area contributed by atoms with Crippen molar-refractivity contribution >= 4 is 17.7 Å². The fraction of sp³-hybridized carbons (Fsp3) is 0.400. The summed E-state index contributed by atoms with van der Waals surface area (Å²) in [6, 6.07) is 9.04. The van der Waals surface area contributed by atoms with Gasteiger partial charge in [0, 0.05) is 39.2 Å².